The molecule has 4 rings (SSSR count). The van der Waals surface area contributed by atoms with Crippen LogP contribution >= 0.6 is 11.6 Å². The number of Topliss-reactive ketones (excluding diaryl/α,β-unsaturated/α-hetero) is 1. The van der Waals surface area contributed by atoms with Crippen molar-refractivity contribution >= 4 is 44.7 Å². The standard InChI is InChI=1S/C28H24ClF4NO5S/c1-16(27-22(29)7-4-8-23(27)30)11-18-12-25-26(14-24(18)31)38-20(10-9-17(2)35)15-34(25)40(36,37)21-6-3-5-19(13-21)39-28(32)33/h3-8,11-14,20,28H,9-10,15H2,1-2H3. The summed E-state index contributed by atoms with van der Waals surface area (Å²) in [6, 6.07) is 11.0. The number of ether oxygens (including phenoxy) is 2. The molecule has 1 aliphatic rings. The lowest BCUT2D eigenvalue weighted by molar-refractivity contribution is -0.117. The quantitative estimate of drug-likeness (QED) is 0.194. The van der Waals surface area contributed by atoms with Crippen LogP contribution in [0.2, 0.25) is 5.02 Å². The molecule has 0 aromatic heterocycles. The van der Waals surface area contributed by atoms with E-state index in [0.717, 1.165) is 16.4 Å². The minimum Gasteiger partial charge on any atom is -0.486 e. The maximum absolute atomic E-state index is 15.3. The summed E-state index contributed by atoms with van der Waals surface area (Å²) >= 11 is 6.15. The lowest BCUT2D eigenvalue weighted by atomic mass is 10.0. The number of ketones is 1. The highest BCUT2D eigenvalue weighted by Crippen LogP contribution is 2.41. The zero-order valence-electron chi connectivity index (χ0n) is 21.3. The Kier molecular flexibility index (Phi) is 8.74. The summed E-state index contributed by atoms with van der Waals surface area (Å²) in [5.74, 6) is -2.00. The summed E-state index contributed by atoms with van der Waals surface area (Å²) in [5, 5.41) is 0.110. The number of nitrogens with zero attached hydrogens (tertiary/aromatic N) is 1. The van der Waals surface area contributed by atoms with Crippen LogP contribution in [0.1, 0.15) is 37.8 Å². The number of anilines is 1. The zero-order valence-corrected chi connectivity index (χ0v) is 22.9. The topological polar surface area (TPSA) is 72.9 Å². The van der Waals surface area contributed by atoms with Gasteiger partial charge in [0.25, 0.3) is 10.0 Å². The second kappa shape index (κ2) is 11.9. The molecule has 0 aliphatic carbocycles. The molecule has 40 heavy (non-hydrogen) atoms. The lowest BCUT2D eigenvalue weighted by Gasteiger charge is -2.36. The van der Waals surface area contributed by atoms with Gasteiger partial charge in [0, 0.05) is 29.7 Å². The molecule has 0 saturated carbocycles. The molecule has 0 radical (unpaired) electrons. The summed E-state index contributed by atoms with van der Waals surface area (Å²) in [6.07, 6.45) is 0.774. The minimum absolute atomic E-state index is 0.0284. The molecule has 0 N–H and O–H groups in total. The third-order valence-electron chi connectivity index (χ3n) is 6.18. The van der Waals surface area contributed by atoms with Crippen LogP contribution in [0.15, 0.2) is 59.5 Å². The van der Waals surface area contributed by atoms with Gasteiger partial charge in [0.2, 0.25) is 0 Å². The van der Waals surface area contributed by atoms with Gasteiger partial charge in [-0.3, -0.25) is 4.31 Å². The number of carbonyl (C=O) groups is 1. The van der Waals surface area contributed by atoms with E-state index in [4.69, 9.17) is 16.3 Å². The van der Waals surface area contributed by atoms with Crippen LogP contribution in [0.5, 0.6) is 11.5 Å². The van der Waals surface area contributed by atoms with E-state index in [1.54, 1.807) is 0 Å². The number of hydrogen-bond acceptors (Lipinski definition) is 5. The zero-order chi connectivity index (χ0) is 29.2. The highest BCUT2D eigenvalue weighted by molar-refractivity contribution is 7.92. The molecule has 12 heteroatoms. The van der Waals surface area contributed by atoms with Gasteiger partial charge in [0.1, 0.15) is 35.0 Å². The van der Waals surface area contributed by atoms with E-state index in [2.05, 4.69) is 4.74 Å². The van der Waals surface area contributed by atoms with Crippen LogP contribution in [0.25, 0.3) is 11.6 Å². The van der Waals surface area contributed by atoms with E-state index in [0.29, 0.717) is 0 Å². The van der Waals surface area contributed by atoms with Crippen LogP contribution in [0.3, 0.4) is 0 Å². The normalized spacial score (nSPS) is 15.6. The first-order valence-electron chi connectivity index (χ1n) is 12.1. The number of carbonyl (C=O) groups excluding carboxylic acids is 1. The number of sulfonamides is 1. The Hall–Kier alpha value is -3.57. The Balaban J connectivity index is 1.82. The molecule has 0 amide bonds. The summed E-state index contributed by atoms with van der Waals surface area (Å²) in [7, 11) is -4.41. The lowest BCUT2D eigenvalue weighted by Crippen LogP contribution is -2.43. The summed E-state index contributed by atoms with van der Waals surface area (Å²) in [5.41, 5.74) is 0.238. The molecule has 212 valence electrons. The van der Waals surface area contributed by atoms with Crippen molar-refractivity contribution in [3.8, 4) is 11.5 Å². The average Bonchev–Trinajstić information content (AvgIpc) is 2.87. The predicted octanol–water partition coefficient (Wildman–Crippen LogP) is 7.11. The summed E-state index contributed by atoms with van der Waals surface area (Å²) in [4.78, 5) is 11.2. The second-order valence-corrected chi connectivity index (χ2v) is 11.4. The van der Waals surface area contributed by atoms with Gasteiger partial charge < -0.3 is 14.3 Å². The van der Waals surface area contributed by atoms with Crippen molar-refractivity contribution in [3.63, 3.8) is 0 Å². The maximum Gasteiger partial charge on any atom is 0.387 e. The van der Waals surface area contributed by atoms with E-state index in [1.165, 1.54) is 62.4 Å². The van der Waals surface area contributed by atoms with Crippen molar-refractivity contribution in [2.24, 2.45) is 0 Å². The fourth-order valence-corrected chi connectivity index (χ4v) is 6.17. The van der Waals surface area contributed by atoms with Crippen LogP contribution < -0.4 is 13.8 Å². The van der Waals surface area contributed by atoms with Crippen molar-refractivity contribution in [2.45, 2.75) is 44.3 Å². The highest BCUT2D eigenvalue weighted by Gasteiger charge is 2.36. The van der Waals surface area contributed by atoms with Crippen LogP contribution in [0.4, 0.5) is 23.2 Å². The van der Waals surface area contributed by atoms with Gasteiger partial charge in [-0.15, -0.1) is 0 Å². The number of alkyl halides is 2. The Bertz CT molecular complexity index is 1560. The average molecular weight is 598 g/mol. The molecule has 0 saturated heterocycles. The van der Waals surface area contributed by atoms with Gasteiger partial charge in [0.05, 0.1) is 22.2 Å². The maximum atomic E-state index is 15.3. The van der Waals surface area contributed by atoms with E-state index in [-0.39, 0.29) is 69.0 Å². The molecule has 1 unspecified atom stereocenters. The molecular weight excluding hydrogens is 574 g/mol. The van der Waals surface area contributed by atoms with Gasteiger partial charge in [-0.25, -0.2) is 17.2 Å². The van der Waals surface area contributed by atoms with Crippen molar-refractivity contribution in [2.75, 3.05) is 10.8 Å². The van der Waals surface area contributed by atoms with Gasteiger partial charge in [-0.2, -0.15) is 8.78 Å². The molecule has 0 spiro atoms. The third-order valence-corrected chi connectivity index (χ3v) is 8.27. The van der Waals surface area contributed by atoms with Gasteiger partial charge in [0.15, 0.2) is 0 Å². The smallest absolute Gasteiger partial charge is 0.387 e. The predicted molar refractivity (Wildman–Crippen MR) is 143 cm³/mol. The Morgan fingerprint density at radius 3 is 2.52 bits per heavy atom. The van der Waals surface area contributed by atoms with Gasteiger partial charge in [-0.1, -0.05) is 23.7 Å². The second-order valence-electron chi connectivity index (χ2n) is 9.14. The fraction of sp³-hybridized carbons (Fsp3) is 0.250. The van der Waals surface area contributed by atoms with Gasteiger partial charge >= 0.3 is 6.61 Å². The molecular formula is C28H24ClF4NO5S. The number of hydrogen-bond donors (Lipinski definition) is 0. The van der Waals surface area contributed by atoms with E-state index >= 15 is 4.39 Å². The Morgan fingerprint density at radius 2 is 1.85 bits per heavy atom. The molecule has 0 bridgehead atoms. The van der Waals surface area contributed by atoms with Crippen molar-refractivity contribution in [1.29, 1.82) is 0 Å². The summed E-state index contributed by atoms with van der Waals surface area (Å²) in [6.45, 7) is -0.500. The van der Waals surface area contributed by atoms with Crippen LogP contribution in [0, 0.1) is 11.6 Å². The number of fused-ring (bicyclic) bond motifs is 1. The first-order valence-corrected chi connectivity index (χ1v) is 13.9. The number of rotatable bonds is 9. The minimum atomic E-state index is -4.41. The van der Waals surface area contributed by atoms with Crippen molar-refractivity contribution < 1.29 is 40.2 Å². The van der Waals surface area contributed by atoms with Crippen LogP contribution in [-0.2, 0) is 14.8 Å². The SMILES string of the molecule is CC(=O)CCC1CN(S(=O)(=O)c2cccc(OC(F)F)c2)c2cc(C=C(C)c3c(F)cccc3Cl)c(F)cc2O1. The monoisotopic (exact) mass is 597 g/mol. The first kappa shape index (κ1) is 29.4. The highest BCUT2D eigenvalue weighted by atomic mass is 35.5. The number of benzene rings is 3. The van der Waals surface area contributed by atoms with E-state index in [9.17, 15) is 26.4 Å². The molecule has 3 aromatic carbocycles. The molecule has 1 atom stereocenters. The molecule has 6 nitrogen and oxygen atoms in total. The molecule has 0 fully saturated rings. The molecule has 1 heterocycles. The molecule has 1 aliphatic heterocycles. The Morgan fingerprint density at radius 1 is 1.12 bits per heavy atom. The van der Waals surface area contributed by atoms with Crippen molar-refractivity contribution in [3.05, 3.63) is 82.4 Å². The van der Waals surface area contributed by atoms with Crippen LogP contribution in [-0.4, -0.2) is 33.5 Å². The first-order chi connectivity index (χ1) is 18.9. The Labute approximate surface area is 233 Å². The van der Waals surface area contributed by atoms with Crippen molar-refractivity contribution in [1.82, 2.24) is 0 Å². The summed E-state index contributed by atoms with van der Waals surface area (Å²) < 4.78 is 94.0. The molecule has 3 aromatic rings. The number of halogens is 5. The fourth-order valence-electron chi connectivity index (χ4n) is 4.32. The largest absolute Gasteiger partial charge is 0.486 e. The van der Waals surface area contributed by atoms with E-state index < -0.39 is 34.4 Å². The number of allylic oxidation sites excluding steroid dienone is 1. The van der Waals surface area contributed by atoms with Gasteiger partial charge in [-0.05, 0) is 62.2 Å². The third kappa shape index (κ3) is 6.42. The van der Waals surface area contributed by atoms with E-state index in [1.807, 2.05) is 0 Å².